The summed E-state index contributed by atoms with van der Waals surface area (Å²) in [6, 6.07) is 0. The van der Waals surface area contributed by atoms with E-state index in [-0.39, 0.29) is 17.3 Å². The van der Waals surface area contributed by atoms with E-state index in [1.807, 2.05) is 6.08 Å². The fraction of sp³-hybridized carbons (Fsp3) is 0.857. The van der Waals surface area contributed by atoms with Gasteiger partial charge in [0.2, 0.25) is 5.79 Å². The van der Waals surface area contributed by atoms with Crippen LogP contribution < -0.4 is 0 Å². The van der Waals surface area contributed by atoms with Gasteiger partial charge in [-0.3, -0.25) is 4.79 Å². The molecule has 0 saturated heterocycles. The Hall–Kier alpha value is -0.810. The van der Waals surface area contributed by atoms with Crippen LogP contribution in [0.3, 0.4) is 0 Å². The molecule has 26 heavy (non-hydrogen) atoms. The predicted octanol–water partition coefficient (Wildman–Crippen LogP) is 4.14. The van der Waals surface area contributed by atoms with Crippen molar-refractivity contribution in [1.29, 1.82) is 0 Å². The lowest BCUT2D eigenvalue weighted by molar-refractivity contribution is -0.265. The monoisotopic (exact) mass is 368 g/mol. The van der Waals surface area contributed by atoms with E-state index in [2.05, 4.69) is 6.92 Å². The first kappa shape index (κ1) is 18.5. The SMILES string of the molecule is C[C@]12CC[C@H]3[C@@H](CCC4=CC(=O)CC[C@@H]43)[C@@H]1CCC2OC(O)(CF)CF. The van der Waals surface area contributed by atoms with Gasteiger partial charge in [0.25, 0.3) is 0 Å². The molecule has 0 spiro atoms. The number of aliphatic hydroxyl groups is 1. The van der Waals surface area contributed by atoms with Gasteiger partial charge in [-0.15, -0.1) is 0 Å². The molecule has 4 aliphatic rings. The van der Waals surface area contributed by atoms with Crippen LogP contribution in [-0.2, 0) is 9.53 Å². The van der Waals surface area contributed by atoms with E-state index < -0.39 is 19.1 Å². The molecular weight excluding hydrogens is 338 g/mol. The highest BCUT2D eigenvalue weighted by atomic mass is 19.1. The summed E-state index contributed by atoms with van der Waals surface area (Å²) < 4.78 is 31.8. The summed E-state index contributed by atoms with van der Waals surface area (Å²) in [6.07, 6.45) is 9.20. The fourth-order valence-corrected chi connectivity index (χ4v) is 6.69. The lowest BCUT2D eigenvalue weighted by Gasteiger charge is -2.54. The van der Waals surface area contributed by atoms with Crippen LogP contribution in [0.25, 0.3) is 0 Å². The molecule has 1 unspecified atom stereocenters. The van der Waals surface area contributed by atoms with Crippen LogP contribution in [-0.4, -0.2) is 36.1 Å². The summed E-state index contributed by atoms with van der Waals surface area (Å²) in [6.45, 7) is -0.230. The van der Waals surface area contributed by atoms with Gasteiger partial charge in [-0.05, 0) is 80.1 Å². The van der Waals surface area contributed by atoms with Crippen molar-refractivity contribution in [3.63, 3.8) is 0 Å². The lowest BCUT2D eigenvalue weighted by atomic mass is 9.52. The van der Waals surface area contributed by atoms with Crippen molar-refractivity contribution in [3.8, 4) is 0 Å². The van der Waals surface area contributed by atoms with E-state index in [1.165, 1.54) is 5.57 Å². The zero-order chi connectivity index (χ0) is 18.5. The van der Waals surface area contributed by atoms with Crippen molar-refractivity contribution >= 4 is 5.78 Å². The molecule has 3 nitrogen and oxygen atoms in total. The molecular formula is C21H30F2O3. The minimum Gasteiger partial charge on any atom is -0.361 e. The average Bonchev–Trinajstić information content (AvgIpc) is 2.97. The Kier molecular flexibility index (Phi) is 4.75. The third-order valence-corrected chi connectivity index (χ3v) is 7.99. The fourth-order valence-electron chi connectivity index (χ4n) is 6.69. The summed E-state index contributed by atoms with van der Waals surface area (Å²) in [5.41, 5.74) is 1.24. The maximum Gasteiger partial charge on any atom is 0.224 e. The molecule has 0 amide bonds. The summed E-state index contributed by atoms with van der Waals surface area (Å²) in [7, 11) is 0. The molecule has 0 aromatic rings. The lowest BCUT2D eigenvalue weighted by Crippen LogP contribution is -2.51. The van der Waals surface area contributed by atoms with E-state index >= 15 is 0 Å². The van der Waals surface area contributed by atoms with Gasteiger partial charge >= 0.3 is 0 Å². The van der Waals surface area contributed by atoms with Crippen molar-refractivity contribution in [3.05, 3.63) is 11.6 Å². The Morgan fingerprint density at radius 2 is 1.92 bits per heavy atom. The first-order valence-corrected chi connectivity index (χ1v) is 10.2. The standard InChI is InChI=1S/C21H30F2O3/c1-20-9-8-16-15-5-3-14(24)10-13(15)2-4-17(16)18(20)6-7-19(20)26-21(25,11-22)12-23/h10,15-19,25H,2-9,11-12H2,1H3/t15-,16+,17+,18-,19?,20-/m0/s1. The molecule has 6 atom stereocenters. The molecule has 0 aromatic heterocycles. The molecule has 0 bridgehead atoms. The molecule has 3 saturated carbocycles. The minimum atomic E-state index is -2.29. The number of fused-ring (bicyclic) bond motifs is 5. The number of carbonyl (C=O) groups excluding carboxylic acids is 1. The van der Waals surface area contributed by atoms with Gasteiger partial charge < -0.3 is 9.84 Å². The number of carbonyl (C=O) groups is 1. The first-order valence-electron chi connectivity index (χ1n) is 10.2. The van der Waals surface area contributed by atoms with Crippen molar-refractivity contribution in [2.24, 2.45) is 29.1 Å². The van der Waals surface area contributed by atoms with E-state index in [1.54, 1.807) is 0 Å². The number of ether oxygens (including phenoxy) is 1. The van der Waals surface area contributed by atoms with Gasteiger partial charge in [0.1, 0.15) is 13.3 Å². The van der Waals surface area contributed by atoms with Gasteiger partial charge in [-0.1, -0.05) is 12.5 Å². The second kappa shape index (κ2) is 6.66. The van der Waals surface area contributed by atoms with Crippen molar-refractivity contribution in [1.82, 2.24) is 0 Å². The highest BCUT2D eigenvalue weighted by Crippen LogP contribution is 2.62. The van der Waals surface area contributed by atoms with E-state index in [0.717, 1.165) is 44.9 Å². The second-order valence-electron chi connectivity index (χ2n) is 9.25. The predicted molar refractivity (Wildman–Crippen MR) is 93.9 cm³/mol. The molecule has 0 radical (unpaired) electrons. The zero-order valence-electron chi connectivity index (χ0n) is 15.6. The van der Waals surface area contributed by atoms with Crippen LogP contribution in [0.4, 0.5) is 8.78 Å². The third kappa shape index (κ3) is 2.86. The molecule has 4 rings (SSSR count). The van der Waals surface area contributed by atoms with Crippen LogP contribution in [0.15, 0.2) is 11.6 Å². The van der Waals surface area contributed by atoms with Gasteiger partial charge in [0, 0.05) is 6.42 Å². The van der Waals surface area contributed by atoms with Crippen molar-refractivity contribution in [2.75, 3.05) is 13.3 Å². The van der Waals surface area contributed by atoms with Gasteiger partial charge in [-0.2, -0.15) is 0 Å². The molecule has 0 heterocycles. The normalized spacial score (nSPS) is 42.7. The largest absolute Gasteiger partial charge is 0.361 e. The number of rotatable bonds is 4. The van der Waals surface area contributed by atoms with Crippen LogP contribution in [0, 0.1) is 29.1 Å². The van der Waals surface area contributed by atoms with E-state index in [0.29, 0.717) is 30.1 Å². The summed E-state index contributed by atoms with van der Waals surface area (Å²) in [5.74, 6) is 0.244. The van der Waals surface area contributed by atoms with Crippen LogP contribution in [0.1, 0.15) is 58.3 Å². The Bertz CT molecular complexity index is 600. The number of halogens is 2. The third-order valence-electron chi connectivity index (χ3n) is 7.99. The Balaban J connectivity index is 1.53. The highest BCUT2D eigenvalue weighted by molar-refractivity contribution is 5.91. The van der Waals surface area contributed by atoms with E-state index in [9.17, 15) is 18.7 Å². The number of hydrogen-bond acceptors (Lipinski definition) is 3. The Labute approximate surface area is 154 Å². The van der Waals surface area contributed by atoms with Crippen LogP contribution in [0.5, 0.6) is 0 Å². The summed E-state index contributed by atoms with van der Waals surface area (Å²) >= 11 is 0. The second-order valence-corrected chi connectivity index (χ2v) is 9.25. The number of alkyl halides is 2. The van der Waals surface area contributed by atoms with Gasteiger partial charge in [0.15, 0.2) is 5.78 Å². The number of ketones is 1. The first-order chi connectivity index (χ1) is 12.4. The molecule has 3 fully saturated rings. The van der Waals surface area contributed by atoms with Gasteiger partial charge in [-0.25, -0.2) is 8.78 Å². The molecule has 5 heteroatoms. The van der Waals surface area contributed by atoms with Gasteiger partial charge in [0.05, 0.1) is 6.10 Å². The molecule has 0 aromatic carbocycles. The molecule has 1 N–H and O–H groups in total. The zero-order valence-corrected chi connectivity index (χ0v) is 15.6. The van der Waals surface area contributed by atoms with E-state index in [4.69, 9.17) is 4.74 Å². The summed E-state index contributed by atoms with van der Waals surface area (Å²) in [4.78, 5) is 11.8. The quantitative estimate of drug-likeness (QED) is 0.759. The smallest absolute Gasteiger partial charge is 0.224 e. The maximum absolute atomic E-state index is 13.1. The van der Waals surface area contributed by atoms with Crippen LogP contribution in [0.2, 0.25) is 0 Å². The van der Waals surface area contributed by atoms with Crippen LogP contribution >= 0.6 is 0 Å². The molecule has 146 valence electrons. The minimum absolute atomic E-state index is 0.120. The highest BCUT2D eigenvalue weighted by Gasteiger charge is 2.57. The Morgan fingerprint density at radius 1 is 1.15 bits per heavy atom. The Morgan fingerprint density at radius 3 is 2.65 bits per heavy atom. The van der Waals surface area contributed by atoms with Crippen molar-refractivity contribution in [2.45, 2.75) is 70.2 Å². The number of allylic oxidation sites excluding steroid dienone is 1. The maximum atomic E-state index is 13.1. The van der Waals surface area contributed by atoms with Crippen molar-refractivity contribution < 1.29 is 23.4 Å². The number of hydrogen-bond donors (Lipinski definition) is 1. The molecule has 0 aliphatic heterocycles. The average molecular weight is 368 g/mol. The topological polar surface area (TPSA) is 46.5 Å². The molecule has 4 aliphatic carbocycles. The summed E-state index contributed by atoms with van der Waals surface area (Å²) in [5, 5.41) is 9.99.